The summed E-state index contributed by atoms with van der Waals surface area (Å²) in [6.45, 7) is 3.72. The third-order valence-corrected chi connectivity index (χ3v) is 7.93. The number of fused-ring (bicyclic) bond motifs is 1. The molecule has 6 nitrogen and oxygen atoms in total. The molecule has 0 saturated carbocycles. The third-order valence-electron chi connectivity index (χ3n) is 7.68. The minimum atomic E-state index is -0.00635. The quantitative estimate of drug-likeness (QED) is 0.206. The fourth-order valence-electron chi connectivity index (χ4n) is 5.37. The Morgan fingerprint density at radius 2 is 1.54 bits per heavy atom. The van der Waals surface area contributed by atoms with Crippen LogP contribution in [0.1, 0.15) is 29.8 Å². The maximum atomic E-state index is 13.0. The number of hydrogen-bond acceptors (Lipinski definition) is 4. The molecule has 0 unspecified atom stereocenters. The highest BCUT2D eigenvalue weighted by molar-refractivity contribution is 6.30. The summed E-state index contributed by atoms with van der Waals surface area (Å²) in [5, 5.41) is 3.83. The summed E-state index contributed by atoms with van der Waals surface area (Å²) in [6, 6.07) is 33.9. The van der Waals surface area contributed by atoms with Crippen LogP contribution in [0, 0.1) is 5.92 Å². The number of anilines is 1. The first kappa shape index (κ1) is 27.1. The molecular weight excluding hydrogens is 532 g/mol. The molecule has 7 heteroatoms. The van der Waals surface area contributed by atoms with Crippen LogP contribution in [0.4, 0.5) is 5.69 Å². The zero-order valence-electron chi connectivity index (χ0n) is 22.9. The van der Waals surface area contributed by atoms with Gasteiger partial charge in [-0.3, -0.25) is 9.69 Å². The first-order valence-electron chi connectivity index (χ1n) is 14.1. The highest BCUT2D eigenvalue weighted by Crippen LogP contribution is 2.25. The molecule has 1 saturated heterocycles. The molecule has 4 aromatic carbocycles. The van der Waals surface area contributed by atoms with E-state index in [9.17, 15) is 4.79 Å². The van der Waals surface area contributed by atoms with Crippen molar-refractivity contribution in [3.63, 3.8) is 0 Å². The van der Waals surface area contributed by atoms with Crippen LogP contribution in [0.3, 0.4) is 0 Å². The molecule has 208 valence electrons. The zero-order chi connectivity index (χ0) is 28.0. The van der Waals surface area contributed by atoms with Gasteiger partial charge in [-0.05, 0) is 85.6 Å². The molecule has 2 heterocycles. The minimum Gasteiger partial charge on any atom is -0.489 e. The molecule has 1 fully saturated rings. The van der Waals surface area contributed by atoms with Gasteiger partial charge in [0.1, 0.15) is 18.2 Å². The summed E-state index contributed by atoms with van der Waals surface area (Å²) < 4.78 is 8.16. The van der Waals surface area contributed by atoms with Gasteiger partial charge in [-0.15, -0.1) is 0 Å². The van der Waals surface area contributed by atoms with Crippen molar-refractivity contribution in [3.05, 3.63) is 125 Å². The number of hydrogen-bond donors (Lipinski definition) is 1. The van der Waals surface area contributed by atoms with E-state index in [1.54, 1.807) is 0 Å². The van der Waals surface area contributed by atoms with Crippen LogP contribution in [-0.2, 0) is 24.5 Å². The lowest BCUT2D eigenvalue weighted by Crippen LogP contribution is -2.38. The van der Waals surface area contributed by atoms with E-state index in [4.69, 9.17) is 21.3 Å². The van der Waals surface area contributed by atoms with Crippen molar-refractivity contribution in [2.75, 3.05) is 18.4 Å². The molecule has 1 amide bonds. The van der Waals surface area contributed by atoms with Crippen molar-refractivity contribution in [2.24, 2.45) is 5.92 Å². The third kappa shape index (κ3) is 6.79. The van der Waals surface area contributed by atoms with Crippen LogP contribution in [0.25, 0.3) is 11.0 Å². The van der Waals surface area contributed by atoms with Crippen LogP contribution < -0.4 is 10.1 Å². The number of benzene rings is 4. The number of piperidine rings is 1. The number of amides is 1. The Kier molecular flexibility index (Phi) is 8.31. The van der Waals surface area contributed by atoms with Crippen LogP contribution in [0.5, 0.6) is 5.75 Å². The van der Waals surface area contributed by atoms with E-state index in [2.05, 4.69) is 45.1 Å². The molecule has 0 bridgehead atoms. The second-order valence-electron chi connectivity index (χ2n) is 10.6. The van der Waals surface area contributed by atoms with Gasteiger partial charge >= 0.3 is 0 Å². The minimum absolute atomic E-state index is 0.00635. The SMILES string of the molecule is O=C(Nc1ccc(OCc2ccccc2)cc1)C1CCN(Cc2nc3ccccc3n2Cc2ccc(Cl)cc2)CC1. The molecule has 0 radical (unpaired) electrons. The number of halogens is 1. The Bertz CT molecular complexity index is 1590. The summed E-state index contributed by atoms with van der Waals surface area (Å²) in [7, 11) is 0. The first-order chi connectivity index (χ1) is 20.1. The van der Waals surface area contributed by atoms with E-state index in [1.807, 2.05) is 72.8 Å². The molecular formula is C34H33ClN4O2. The molecule has 1 N–H and O–H groups in total. The van der Waals surface area contributed by atoms with Gasteiger partial charge in [0, 0.05) is 23.2 Å². The molecule has 1 aliphatic heterocycles. The predicted molar refractivity (Wildman–Crippen MR) is 164 cm³/mol. The topological polar surface area (TPSA) is 59.4 Å². The van der Waals surface area contributed by atoms with Crippen LogP contribution in [-0.4, -0.2) is 33.4 Å². The van der Waals surface area contributed by atoms with E-state index in [1.165, 1.54) is 5.56 Å². The first-order valence-corrected chi connectivity index (χ1v) is 14.5. The molecule has 41 heavy (non-hydrogen) atoms. The van der Waals surface area contributed by atoms with Gasteiger partial charge in [0.25, 0.3) is 0 Å². The number of nitrogens with one attached hydrogen (secondary N) is 1. The summed E-state index contributed by atoms with van der Waals surface area (Å²) in [6.07, 6.45) is 1.64. The van der Waals surface area contributed by atoms with Crippen molar-refractivity contribution in [1.29, 1.82) is 0 Å². The van der Waals surface area contributed by atoms with E-state index < -0.39 is 0 Å². The van der Waals surface area contributed by atoms with Crippen molar-refractivity contribution in [1.82, 2.24) is 14.5 Å². The standard InChI is InChI=1S/C34H33ClN4O2/c35-28-12-10-25(11-13-28)22-39-32-9-5-4-8-31(32)37-33(39)23-38-20-18-27(19-21-38)34(40)36-29-14-16-30(17-15-29)41-24-26-6-2-1-3-7-26/h1-17,27H,18-24H2,(H,36,40). The molecule has 1 aliphatic rings. The summed E-state index contributed by atoms with van der Waals surface area (Å²) in [4.78, 5) is 20.4. The summed E-state index contributed by atoms with van der Waals surface area (Å²) >= 11 is 6.11. The number of para-hydroxylation sites is 2. The normalized spacial score (nSPS) is 14.3. The second kappa shape index (κ2) is 12.6. The van der Waals surface area contributed by atoms with Gasteiger partial charge in [-0.25, -0.2) is 4.98 Å². The average Bonchev–Trinajstić information content (AvgIpc) is 3.35. The lowest BCUT2D eigenvalue weighted by atomic mass is 9.96. The van der Waals surface area contributed by atoms with Crippen LogP contribution >= 0.6 is 11.6 Å². The van der Waals surface area contributed by atoms with E-state index in [-0.39, 0.29) is 11.8 Å². The van der Waals surface area contributed by atoms with Crippen molar-refractivity contribution < 1.29 is 9.53 Å². The largest absolute Gasteiger partial charge is 0.489 e. The van der Waals surface area contributed by atoms with Gasteiger partial charge in [0.05, 0.1) is 17.6 Å². The van der Waals surface area contributed by atoms with E-state index in [0.29, 0.717) is 6.61 Å². The number of carbonyl (C=O) groups excluding carboxylic acids is 1. The average molecular weight is 565 g/mol. The number of ether oxygens (including phenoxy) is 1. The zero-order valence-corrected chi connectivity index (χ0v) is 23.6. The molecule has 0 spiro atoms. The van der Waals surface area contributed by atoms with E-state index >= 15 is 0 Å². The van der Waals surface area contributed by atoms with Gasteiger partial charge in [-0.2, -0.15) is 0 Å². The molecule has 6 rings (SSSR count). The van der Waals surface area contributed by atoms with Gasteiger partial charge in [0.2, 0.25) is 5.91 Å². The lowest BCUT2D eigenvalue weighted by molar-refractivity contribution is -0.121. The van der Waals surface area contributed by atoms with E-state index in [0.717, 1.165) is 77.9 Å². The molecule has 0 atom stereocenters. The Labute approximate surface area is 245 Å². The number of nitrogens with zero attached hydrogens (tertiary/aromatic N) is 3. The van der Waals surface area contributed by atoms with Crippen molar-refractivity contribution >= 4 is 34.2 Å². The van der Waals surface area contributed by atoms with Crippen LogP contribution in [0.15, 0.2) is 103 Å². The molecule has 0 aliphatic carbocycles. The number of likely N-dealkylation sites (tertiary alicyclic amines) is 1. The monoisotopic (exact) mass is 564 g/mol. The van der Waals surface area contributed by atoms with Crippen molar-refractivity contribution in [3.8, 4) is 5.75 Å². The maximum absolute atomic E-state index is 13.0. The fourth-order valence-corrected chi connectivity index (χ4v) is 5.49. The number of rotatable bonds is 9. The van der Waals surface area contributed by atoms with Crippen LogP contribution in [0.2, 0.25) is 5.02 Å². The Morgan fingerprint density at radius 1 is 0.829 bits per heavy atom. The summed E-state index contributed by atoms with van der Waals surface area (Å²) in [5.41, 5.74) is 5.23. The second-order valence-corrected chi connectivity index (χ2v) is 11.0. The van der Waals surface area contributed by atoms with Crippen molar-refractivity contribution in [2.45, 2.75) is 32.5 Å². The number of carbonyl (C=O) groups is 1. The van der Waals surface area contributed by atoms with Gasteiger partial charge in [-0.1, -0.05) is 66.2 Å². The van der Waals surface area contributed by atoms with Gasteiger partial charge in [0.15, 0.2) is 0 Å². The summed E-state index contributed by atoms with van der Waals surface area (Å²) in [5.74, 6) is 1.89. The fraction of sp³-hybridized carbons (Fsp3) is 0.235. The Morgan fingerprint density at radius 3 is 2.29 bits per heavy atom. The smallest absolute Gasteiger partial charge is 0.227 e. The lowest BCUT2D eigenvalue weighted by Gasteiger charge is -2.31. The number of aromatic nitrogens is 2. The Balaban J connectivity index is 1.03. The molecule has 5 aromatic rings. The van der Waals surface area contributed by atoms with Gasteiger partial charge < -0.3 is 14.6 Å². The highest BCUT2D eigenvalue weighted by atomic mass is 35.5. The number of imidazole rings is 1. The Hall–Kier alpha value is -4.13. The predicted octanol–water partition coefficient (Wildman–Crippen LogP) is 7.17. The molecule has 1 aromatic heterocycles. The highest BCUT2D eigenvalue weighted by Gasteiger charge is 2.26. The maximum Gasteiger partial charge on any atom is 0.227 e.